The number of rotatable bonds is 10. The van der Waals surface area contributed by atoms with Gasteiger partial charge in [0, 0.05) is 12.1 Å². The van der Waals surface area contributed by atoms with Gasteiger partial charge in [-0.15, -0.1) is 0 Å². The minimum absolute atomic E-state index is 0.0247. The van der Waals surface area contributed by atoms with E-state index in [4.69, 9.17) is 16.3 Å². The Labute approximate surface area is 255 Å². The summed E-state index contributed by atoms with van der Waals surface area (Å²) in [5.41, 5.74) is 1.84. The molecule has 1 aromatic heterocycles. The molecule has 5 rings (SSSR count). The molecule has 1 amide bonds. The van der Waals surface area contributed by atoms with Crippen LogP contribution in [0, 0.1) is 0 Å². The van der Waals surface area contributed by atoms with E-state index in [1.54, 1.807) is 54.6 Å². The molecule has 4 aromatic rings. The summed E-state index contributed by atoms with van der Waals surface area (Å²) in [7, 11) is 1.53. The minimum atomic E-state index is -2.62. The fraction of sp³-hybridized carbons (Fsp3) is 0.276. The van der Waals surface area contributed by atoms with Gasteiger partial charge < -0.3 is 10.1 Å². The smallest absolute Gasteiger partial charge is 0.360 e. The molecule has 3 aromatic carbocycles. The maximum Gasteiger partial charge on any atom is 0.360 e. The normalized spacial score (nSPS) is 15.5. The number of nitrogens with zero attached hydrogens (tertiary/aromatic N) is 7. The third kappa shape index (κ3) is 7.04. The molecule has 1 fully saturated rings. The molecule has 0 radical (unpaired) electrons. The van der Waals surface area contributed by atoms with E-state index in [9.17, 15) is 13.6 Å². The van der Waals surface area contributed by atoms with E-state index < -0.39 is 17.2 Å². The van der Waals surface area contributed by atoms with E-state index in [2.05, 4.69) is 42.2 Å². The topological polar surface area (TPSA) is 147 Å². The highest BCUT2D eigenvalue weighted by Crippen LogP contribution is 2.36. The first-order valence-electron chi connectivity index (χ1n) is 13.6. The zero-order chi connectivity index (χ0) is 30.3. The van der Waals surface area contributed by atoms with Gasteiger partial charge in [0.15, 0.2) is 11.6 Å². The van der Waals surface area contributed by atoms with E-state index in [-0.39, 0.29) is 22.9 Å². The number of hydrogen-bond acceptors (Lipinski definition) is 8. The molecule has 2 heterocycles. The third-order valence-corrected chi connectivity index (χ3v) is 8.08. The van der Waals surface area contributed by atoms with E-state index in [1.807, 2.05) is 6.07 Å². The predicted octanol–water partition coefficient (Wildman–Crippen LogP) is 5.91. The maximum absolute atomic E-state index is 12.9. The van der Waals surface area contributed by atoms with Crippen LogP contribution in [0.15, 0.2) is 77.0 Å². The summed E-state index contributed by atoms with van der Waals surface area (Å²) in [6, 6.07) is 18.6. The molecule has 2 N–H and O–H groups in total. The summed E-state index contributed by atoms with van der Waals surface area (Å²) in [6.07, 6.45) is 2.15. The van der Waals surface area contributed by atoms with E-state index in [0.717, 1.165) is 30.2 Å². The molecule has 1 aliphatic rings. The fourth-order valence-corrected chi connectivity index (χ4v) is 5.64. The highest BCUT2D eigenvalue weighted by Gasteiger charge is 2.26. The number of anilines is 4. The van der Waals surface area contributed by atoms with Gasteiger partial charge in [0.2, 0.25) is 10.0 Å². The Morgan fingerprint density at radius 3 is 2.72 bits per heavy atom. The van der Waals surface area contributed by atoms with Gasteiger partial charge in [0.1, 0.15) is 17.4 Å². The lowest BCUT2D eigenvalue weighted by molar-refractivity contribution is 0.0992. The summed E-state index contributed by atoms with van der Waals surface area (Å²) >= 11 is 3.82. The number of likely N-dealkylation sites (tertiary alicyclic amines) is 1. The van der Waals surface area contributed by atoms with Gasteiger partial charge in [0.05, 0.1) is 40.1 Å². The molecule has 0 saturated carbocycles. The molecular formula is C29H30ClN8O4S+. The Kier molecular flexibility index (Phi) is 9.70. The molecule has 0 bridgehead atoms. The van der Waals surface area contributed by atoms with Crippen molar-refractivity contribution in [2.45, 2.75) is 25.8 Å². The first-order valence-corrected chi connectivity index (χ1v) is 15.1. The number of fused-ring (bicyclic) bond motifs is 1. The second-order valence-electron chi connectivity index (χ2n) is 9.67. The van der Waals surface area contributed by atoms with Gasteiger partial charge in [-0.25, -0.2) is 18.5 Å². The van der Waals surface area contributed by atoms with Gasteiger partial charge >= 0.3 is 5.91 Å². The summed E-state index contributed by atoms with van der Waals surface area (Å²) in [5, 5.41) is 11.3. The Morgan fingerprint density at radius 1 is 1.19 bits per heavy atom. The second-order valence-corrected chi connectivity index (χ2v) is 10.9. The monoisotopic (exact) mass is 621 g/mol. The van der Waals surface area contributed by atoms with Crippen LogP contribution in [0.4, 0.5) is 23.0 Å². The van der Waals surface area contributed by atoms with Gasteiger partial charge in [-0.05, 0) is 68.4 Å². The third-order valence-electron chi connectivity index (χ3n) is 7.05. The number of carbonyl (C=O) groups is 1. The molecule has 1 saturated heterocycles. The van der Waals surface area contributed by atoms with Crippen LogP contribution in [0.25, 0.3) is 11.0 Å². The van der Waals surface area contributed by atoms with Gasteiger partial charge in [-0.1, -0.05) is 36.7 Å². The first kappa shape index (κ1) is 30.2. The summed E-state index contributed by atoms with van der Waals surface area (Å²) in [6.45, 7) is 4.55. The van der Waals surface area contributed by atoms with Crippen molar-refractivity contribution >= 4 is 62.8 Å². The molecule has 1 aliphatic heterocycles. The number of amides is 1. The van der Waals surface area contributed by atoms with E-state index >= 15 is 0 Å². The minimum Gasteiger partial charge on any atom is -0.497 e. The zero-order valence-corrected chi connectivity index (χ0v) is 25.1. The number of methoxy groups -OCH3 is 1. The Bertz CT molecular complexity index is 1730. The van der Waals surface area contributed by atoms with Crippen LogP contribution in [-0.4, -0.2) is 62.3 Å². The maximum atomic E-state index is 12.9. The number of benzene rings is 3. The SMILES string of the molecule is CCN1CCCC1CN=[N+]=NC(=O)c1cccc(N(c2nc3ccccc3nc2Nc2cc(OC)ccc2Cl)S(=O)O)c1. The Balaban J connectivity index is 1.49. The molecule has 12 nitrogen and oxygen atoms in total. The summed E-state index contributed by atoms with van der Waals surface area (Å²) in [5.74, 6) is 0.0816. The number of nitrogens with one attached hydrogen (secondary N) is 1. The van der Waals surface area contributed by atoms with Crippen molar-refractivity contribution in [2.24, 2.45) is 10.2 Å². The van der Waals surface area contributed by atoms with Crippen molar-refractivity contribution in [1.82, 2.24) is 19.8 Å². The Hall–Kier alpha value is -4.26. The van der Waals surface area contributed by atoms with Crippen molar-refractivity contribution in [3.63, 3.8) is 0 Å². The number of halogens is 1. The molecular weight excluding hydrogens is 592 g/mol. The van der Waals surface area contributed by atoms with Crippen LogP contribution in [0.2, 0.25) is 5.02 Å². The highest BCUT2D eigenvalue weighted by atomic mass is 35.5. The van der Waals surface area contributed by atoms with Crippen LogP contribution < -0.4 is 19.3 Å². The quantitative estimate of drug-likeness (QED) is 0.126. The summed E-state index contributed by atoms with van der Waals surface area (Å²) in [4.78, 5) is 28.3. The molecule has 2 unspecified atom stereocenters. The lowest BCUT2D eigenvalue weighted by atomic mass is 10.2. The number of para-hydroxylation sites is 2. The predicted molar refractivity (Wildman–Crippen MR) is 167 cm³/mol. The van der Waals surface area contributed by atoms with Gasteiger partial charge in [-0.3, -0.25) is 14.2 Å². The summed E-state index contributed by atoms with van der Waals surface area (Å²) < 4.78 is 29.7. The van der Waals surface area contributed by atoms with Crippen LogP contribution >= 0.6 is 11.6 Å². The van der Waals surface area contributed by atoms with Crippen molar-refractivity contribution in [1.29, 1.82) is 0 Å². The molecule has 14 heteroatoms. The highest BCUT2D eigenvalue weighted by molar-refractivity contribution is 7.81. The van der Waals surface area contributed by atoms with E-state index in [0.29, 0.717) is 40.1 Å². The number of aromatic nitrogens is 2. The number of carbonyl (C=O) groups excluding carboxylic acids is 1. The van der Waals surface area contributed by atoms with Crippen molar-refractivity contribution < 1.29 is 18.3 Å². The van der Waals surface area contributed by atoms with Crippen LogP contribution in [0.1, 0.15) is 30.1 Å². The largest absolute Gasteiger partial charge is 0.497 e. The number of likely N-dealkylation sites (N-methyl/N-ethyl adjacent to an activating group) is 1. The standard InChI is InChI=1S/C29H29ClN8O4S/c1-3-37-15-7-10-21(37)18-31-36-35-29(39)19-8-6-9-20(16-19)38(43(40)41)28-27(32-24-11-4-5-12-25(24)34-28)33-26-17-22(42-2)13-14-23(26)30/h4-6,8-9,11-14,16-17,21H,3,7,10,15,18H2,1-2H3,(H-,32,33,40,41)/p+1. The fourth-order valence-electron chi connectivity index (χ4n) is 4.90. The Morgan fingerprint density at radius 2 is 1.98 bits per heavy atom. The zero-order valence-electron chi connectivity index (χ0n) is 23.6. The molecule has 0 spiro atoms. The number of hydrogen-bond donors (Lipinski definition) is 2. The first-order chi connectivity index (χ1) is 20.9. The lowest BCUT2D eigenvalue weighted by Gasteiger charge is -2.22. The average Bonchev–Trinajstić information content (AvgIpc) is 3.48. The molecule has 222 valence electrons. The van der Waals surface area contributed by atoms with Crippen molar-refractivity contribution in [3.05, 3.63) is 77.3 Å². The van der Waals surface area contributed by atoms with Crippen LogP contribution in [-0.2, 0) is 11.3 Å². The lowest BCUT2D eigenvalue weighted by Crippen LogP contribution is -2.31. The van der Waals surface area contributed by atoms with Crippen molar-refractivity contribution in [3.8, 4) is 5.75 Å². The van der Waals surface area contributed by atoms with Gasteiger partial charge in [0.25, 0.3) is 11.3 Å². The van der Waals surface area contributed by atoms with E-state index in [1.165, 1.54) is 13.2 Å². The number of ether oxygens (including phenoxy) is 1. The molecule has 43 heavy (non-hydrogen) atoms. The van der Waals surface area contributed by atoms with Crippen molar-refractivity contribution in [2.75, 3.05) is 36.4 Å². The average molecular weight is 622 g/mol. The molecule has 0 aliphatic carbocycles. The molecule has 2 atom stereocenters. The van der Waals surface area contributed by atoms with Crippen LogP contribution in [0.3, 0.4) is 0 Å². The second kappa shape index (κ2) is 13.8. The van der Waals surface area contributed by atoms with Gasteiger partial charge in [-0.2, -0.15) is 0 Å². The van der Waals surface area contributed by atoms with Crippen LogP contribution in [0.5, 0.6) is 5.75 Å².